The molecule has 0 unspecified atom stereocenters. The van der Waals surface area contributed by atoms with E-state index >= 15 is 4.79 Å². The summed E-state index contributed by atoms with van der Waals surface area (Å²) in [7, 11) is 0. The molecule has 8 fully saturated rings. The van der Waals surface area contributed by atoms with Crippen LogP contribution < -0.4 is 0 Å². The van der Waals surface area contributed by atoms with Crippen LogP contribution in [0.25, 0.3) is 0 Å². The van der Waals surface area contributed by atoms with Crippen LogP contribution in [-0.4, -0.2) is 174 Å². The Bertz CT molecular complexity index is 2080. The van der Waals surface area contributed by atoms with Gasteiger partial charge in [-0.2, -0.15) is 0 Å². The zero-order chi connectivity index (χ0) is 49.7. The van der Waals surface area contributed by atoms with Gasteiger partial charge >= 0.3 is 17.9 Å². The van der Waals surface area contributed by atoms with E-state index in [9.17, 15) is 60.3 Å². The molecule has 5 aliphatic carbocycles. The average molecular weight is 967 g/mol. The summed E-state index contributed by atoms with van der Waals surface area (Å²) in [4.78, 5) is 52.9. The van der Waals surface area contributed by atoms with Crippen molar-refractivity contribution in [1.29, 1.82) is 0 Å². The predicted octanol–water partition coefficient (Wildman–Crippen LogP) is 0.548. The zero-order valence-electron chi connectivity index (χ0n) is 39.8. The number of aliphatic carboxylic acids is 2. The van der Waals surface area contributed by atoms with E-state index in [1.54, 1.807) is 0 Å². The number of ketones is 1. The SMILES string of the molecule is C[C@@H]1O[C@@H](O[C@H]2[C@H](O[C@H]3[C@H](O[C@H]4CC[C@]5(C)[C@H]6C(=O)C=C7[C@@H]8C[C@]9(C)C[C@@H](OC9=O)[C@]8(C)CC[C@@]7(C)[C@]6(C)CC[C@H]5C4(C)C)O[C@H](C(=O)O)[C@@H](O)[C@@H]3O)O[C@H](C(=O)O)[C@@H](O)[C@@H]2O)[C@H](O)[C@H](O)[C@H]1O. The number of hydrogen-bond acceptors (Lipinski definition) is 18. The van der Waals surface area contributed by atoms with Crippen molar-refractivity contribution in [3.63, 3.8) is 0 Å². The van der Waals surface area contributed by atoms with E-state index in [4.69, 9.17) is 33.2 Å². The van der Waals surface area contributed by atoms with E-state index in [1.807, 2.05) is 26.8 Å². The van der Waals surface area contributed by atoms with Crippen molar-refractivity contribution in [2.75, 3.05) is 0 Å². The number of carbonyl (C=O) groups excluding carboxylic acids is 2. The first-order chi connectivity index (χ1) is 31.6. The van der Waals surface area contributed by atoms with E-state index in [0.717, 1.165) is 18.4 Å². The predicted molar refractivity (Wildman–Crippen MR) is 228 cm³/mol. The first kappa shape index (κ1) is 50.2. The fraction of sp³-hybridized carbons (Fsp3) is 0.875. The Labute approximate surface area is 394 Å². The molecule has 9 aliphatic rings. The highest BCUT2D eigenvalue weighted by molar-refractivity contribution is 5.96. The molecule has 20 heteroatoms. The Kier molecular flexibility index (Phi) is 12.3. The second kappa shape index (κ2) is 16.7. The Morgan fingerprint density at radius 1 is 0.632 bits per heavy atom. The lowest BCUT2D eigenvalue weighted by atomic mass is 9.33. The smallest absolute Gasteiger partial charge is 0.335 e. The number of aliphatic hydroxyl groups excluding tert-OH is 7. The molecule has 0 radical (unpaired) electrons. The largest absolute Gasteiger partial charge is 0.479 e. The maximum atomic E-state index is 15.0. The second-order valence-corrected chi connectivity index (χ2v) is 23.6. The molecule has 4 heterocycles. The Balaban J connectivity index is 0.999. The highest BCUT2D eigenvalue weighted by Gasteiger charge is 2.73. The van der Waals surface area contributed by atoms with Gasteiger partial charge < -0.3 is 79.1 Å². The molecular formula is C48H70O20. The van der Waals surface area contributed by atoms with Gasteiger partial charge in [0.2, 0.25) is 0 Å². The van der Waals surface area contributed by atoms with Gasteiger partial charge in [0, 0.05) is 17.8 Å². The van der Waals surface area contributed by atoms with Crippen LogP contribution >= 0.6 is 0 Å². The van der Waals surface area contributed by atoms with Crippen molar-refractivity contribution in [2.45, 2.75) is 211 Å². The van der Waals surface area contributed by atoms with Crippen molar-refractivity contribution in [3.8, 4) is 0 Å². The highest BCUT2D eigenvalue weighted by atomic mass is 16.8. The van der Waals surface area contributed by atoms with Crippen molar-refractivity contribution in [1.82, 2.24) is 0 Å². The van der Waals surface area contributed by atoms with Gasteiger partial charge in [0.25, 0.3) is 0 Å². The lowest BCUT2D eigenvalue weighted by Gasteiger charge is -2.70. The molecule has 382 valence electrons. The molecule has 25 atom stereocenters. The van der Waals surface area contributed by atoms with Gasteiger partial charge in [-0.05, 0) is 98.4 Å². The number of carbonyl (C=O) groups is 4. The summed E-state index contributed by atoms with van der Waals surface area (Å²) < 4.78 is 41.7. The third-order valence-corrected chi connectivity index (χ3v) is 19.6. The number of fused-ring (bicyclic) bond motifs is 10. The van der Waals surface area contributed by atoms with Crippen LogP contribution in [-0.2, 0) is 52.3 Å². The number of esters is 1. The number of aliphatic hydroxyl groups is 7. The van der Waals surface area contributed by atoms with Crippen molar-refractivity contribution >= 4 is 23.7 Å². The number of ether oxygens (including phenoxy) is 7. The quantitative estimate of drug-likeness (QED) is 0.118. The molecule has 0 aromatic carbocycles. The molecule has 0 spiro atoms. The Morgan fingerprint density at radius 2 is 1.21 bits per heavy atom. The number of rotatable bonds is 8. The topological polar surface area (TPSA) is 315 Å². The number of carboxylic acids is 2. The van der Waals surface area contributed by atoms with Gasteiger partial charge in [0.1, 0.15) is 61.0 Å². The van der Waals surface area contributed by atoms with Crippen LogP contribution in [0.5, 0.6) is 0 Å². The van der Waals surface area contributed by atoms with Gasteiger partial charge in [-0.1, -0.05) is 47.1 Å². The zero-order valence-corrected chi connectivity index (χ0v) is 39.8. The van der Waals surface area contributed by atoms with E-state index in [1.165, 1.54) is 6.92 Å². The Morgan fingerprint density at radius 3 is 1.79 bits per heavy atom. The standard InChI is InChI=1S/C48H70O20/c1-18-25(50)26(51)31(56)39(62-18)67-35-30(55)28(53)33(38(59)60)66-41(35)68-34-29(54)27(52)32(37(57)58)65-40(34)63-23-10-11-46(6)22(43(23,2)3)9-12-48(8)36(46)21(49)15-19-20-16-44(4)17-24(64-42(44)61)45(20,5)13-14-47(19,48)7/h15,18,20,22-36,39-41,50-56H,9-14,16-17H2,1-8H3,(H,57,58)(H,59,60)/t18-,20-,22-,23-,24+,25-,26+,27-,28-,29-,30-,31+,32-,33-,34+,35+,36+,39-,40+,41-,44+,45+,46-,47+,48+/m0/s1. The lowest BCUT2D eigenvalue weighted by molar-refractivity contribution is -0.392. The van der Waals surface area contributed by atoms with Gasteiger partial charge in [-0.25, -0.2) is 9.59 Å². The van der Waals surface area contributed by atoms with Gasteiger partial charge in [0.15, 0.2) is 36.9 Å². The summed E-state index contributed by atoms with van der Waals surface area (Å²) in [6.07, 6.45) is -22.5. The number of hydrogen-bond donors (Lipinski definition) is 9. The van der Waals surface area contributed by atoms with Gasteiger partial charge in [-0.15, -0.1) is 0 Å². The van der Waals surface area contributed by atoms with E-state index < -0.39 is 132 Å². The van der Waals surface area contributed by atoms with Gasteiger partial charge in [-0.3, -0.25) is 9.59 Å². The van der Waals surface area contributed by atoms with Crippen molar-refractivity contribution < 1.29 is 98.3 Å². The minimum Gasteiger partial charge on any atom is -0.479 e. The summed E-state index contributed by atoms with van der Waals surface area (Å²) in [5.41, 5.74) is -1.83. The molecule has 4 saturated heterocycles. The third-order valence-electron chi connectivity index (χ3n) is 19.6. The van der Waals surface area contributed by atoms with E-state index in [-0.39, 0.29) is 46.4 Å². The molecule has 4 aliphatic heterocycles. The minimum atomic E-state index is -2.16. The molecular weight excluding hydrogens is 897 g/mol. The molecule has 0 aromatic rings. The molecule has 4 saturated carbocycles. The van der Waals surface area contributed by atoms with Crippen LogP contribution in [0.2, 0.25) is 0 Å². The fourth-order valence-corrected chi connectivity index (χ4v) is 15.3. The highest BCUT2D eigenvalue weighted by Crippen LogP contribution is 2.76. The third kappa shape index (κ3) is 7.16. The van der Waals surface area contributed by atoms with Crippen LogP contribution in [0.15, 0.2) is 11.6 Å². The maximum Gasteiger partial charge on any atom is 0.335 e. The molecule has 0 aromatic heterocycles. The second-order valence-electron chi connectivity index (χ2n) is 23.6. The van der Waals surface area contributed by atoms with Gasteiger partial charge in [0.05, 0.1) is 17.6 Å². The first-order valence-corrected chi connectivity index (χ1v) is 24.2. The summed E-state index contributed by atoms with van der Waals surface area (Å²) in [5, 5.41) is 96.3. The monoisotopic (exact) mass is 966 g/mol. The minimum absolute atomic E-state index is 0.0143. The molecule has 9 N–H and O–H groups in total. The van der Waals surface area contributed by atoms with E-state index in [0.29, 0.717) is 38.5 Å². The van der Waals surface area contributed by atoms with Crippen molar-refractivity contribution in [3.05, 3.63) is 11.6 Å². The molecule has 20 nitrogen and oxygen atoms in total. The molecule has 68 heavy (non-hydrogen) atoms. The first-order valence-electron chi connectivity index (χ1n) is 24.2. The Hall–Kier alpha value is -2.70. The molecule has 9 rings (SSSR count). The number of allylic oxidation sites excluding steroid dienone is 2. The van der Waals surface area contributed by atoms with Crippen LogP contribution in [0.4, 0.5) is 0 Å². The summed E-state index contributed by atoms with van der Waals surface area (Å²) >= 11 is 0. The summed E-state index contributed by atoms with van der Waals surface area (Å²) in [5.74, 6) is -3.97. The fourth-order valence-electron chi connectivity index (χ4n) is 15.3. The molecule has 0 amide bonds. The van der Waals surface area contributed by atoms with Crippen molar-refractivity contribution in [2.24, 2.45) is 50.2 Å². The van der Waals surface area contributed by atoms with Crippen LogP contribution in [0.1, 0.15) is 107 Å². The summed E-state index contributed by atoms with van der Waals surface area (Å²) in [6, 6.07) is 0. The normalized spacial score (nSPS) is 55.1. The average Bonchev–Trinajstić information content (AvgIpc) is 3.53. The van der Waals surface area contributed by atoms with Crippen LogP contribution in [0, 0.1) is 50.2 Å². The lowest BCUT2D eigenvalue weighted by Crippen LogP contribution is -2.68. The summed E-state index contributed by atoms with van der Waals surface area (Å²) in [6.45, 7) is 16.3. The van der Waals surface area contributed by atoms with E-state index in [2.05, 4.69) is 27.7 Å². The van der Waals surface area contributed by atoms with Crippen LogP contribution in [0.3, 0.4) is 0 Å². The molecule has 2 bridgehead atoms. The maximum absolute atomic E-state index is 15.0. The number of carboxylic acid groups (broad SMARTS) is 2.